The van der Waals surface area contributed by atoms with E-state index >= 15 is 0 Å². The number of carboxylic acid groups (broad SMARTS) is 1. The van der Waals surface area contributed by atoms with Gasteiger partial charge >= 0.3 is 12.1 Å². The second-order valence-corrected chi connectivity index (χ2v) is 6.56. The molecule has 2 fully saturated rings. The highest BCUT2D eigenvalue weighted by molar-refractivity contribution is 5.74. The number of hydrogen-bond acceptors (Lipinski definition) is 3. The first-order chi connectivity index (χ1) is 8.79. The van der Waals surface area contributed by atoms with Crippen LogP contribution >= 0.6 is 0 Å². The van der Waals surface area contributed by atoms with Gasteiger partial charge in [-0.05, 0) is 52.9 Å². The fraction of sp³-hybridized carbons (Fsp3) is 0.857. The van der Waals surface area contributed by atoms with Crippen molar-refractivity contribution >= 4 is 12.1 Å². The third-order valence-electron chi connectivity index (χ3n) is 3.98. The lowest BCUT2D eigenvalue weighted by Gasteiger charge is -2.48. The van der Waals surface area contributed by atoms with Crippen molar-refractivity contribution in [3.8, 4) is 0 Å². The van der Waals surface area contributed by atoms with Crippen molar-refractivity contribution in [2.45, 2.75) is 70.6 Å². The van der Waals surface area contributed by atoms with Gasteiger partial charge in [-0.2, -0.15) is 0 Å². The van der Waals surface area contributed by atoms with E-state index in [0.29, 0.717) is 6.42 Å². The Morgan fingerprint density at radius 3 is 2.42 bits per heavy atom. The van der Waals surface area contributed by atoms with Crippen LogP contribution in [0, 0.1) is 5.92 Å². The van der Waals surface area contributed by atoms with Gasteiger partial charge in [-0.1, -0.05) is 0 Å². The Balaban J connectivity index is 2.17. The lowest BCUT2D eigenvalue weighted by molar-refractivity contribution is -0.148. The van der Waals surface area contributed by atoms with Crippen LogP contribution in [0.15, 0.2) is 0 Å². The van der Waals surface area contributed by atoms with Gasteiger partial charge in [-0.25, -0.2) is 4.79 Å². The summed E-state index contributed by atoms with van der Waals surface area (Å²) in [5, 5.41) is 9.30. The maximum Gasteiger partial charge on any atom is 0.410 e. The highest BCUT2D eigenvalue weighted by Gasteiger charge is 2.46. The summed E-state index contributed by atoms with van der Waals surface area (Å²) in [6.07, 6.45) is 3.82. The van der Waals surface area contributed by atoms with Crippen molar-refractivity contribution < 1.29 is 19.4 Å². The van der Waals surface area contributed by atoms with E-state index in [1.165, 1.54) is 0 Å². The quantitative estimate of drug-likeness (QED) is 0.794. The van der Waals surface area contributed by atoms with Gasteiger partial charge in [0.2, 0.25) is 0 Å². The van der Waals surface area contributed by atoms with E-state index in [-0.39, 0.29) is 18.2 Å². The molecule has 19 heavy (non-hydrogen) atoms. The molecule has 0 aromatic carbocycles. The van der Waals surface area contributed by atoms with Crippen LogP contribution in [0.3, 0.4) is 0 Å². The number of nitrogens with zero attached hydrogens (tertiary/aromatic N) is 1. The minimum atomic E-state index is -0.793. The zero-order valence-electron chi connectivity index (χ0n) is 11.9. The van der Waals surface area contributed by atoms with Gasteiger partial charge < -0.3 is 14.7 Å². The minimum Gasteiger partial charge on any atom is -0.481 e. The van der Waals surface area contributed by atoms with Crippen LogP contribution in [0.25, 0.3) is 0 Å². The van der Waals surface area contributed by atoms with E-state index in [9.17, 15) is 14.7 Å². The molecular formula is C14H23NO4. The molecule has 2 saturated heterocycles. The maximum absolute atomic E-state index is 12.3. The van der Waals surface area contributed by atoms with Crippen molar-refractivity contribution in [2.75, 3.05) is 0 Å². The number of hydrogen-bond donors (Lipinski definition) is 1. The SMILES string of the molecule is CC(C)(C)OC(=O)N1[C@@H]2CCC[C@@H]1[C@H](C(=O)O)CC2. The molecule has 0 radical (unpaired) electrons. The Bertz CT molecular complexity index is 374. The molecule has 2 aliphatic heterocycles. The standard InChI is InChI=1S/C14H23NO4/c1-14(2,3)19-13(18)15-9-5-4-6-11(15)10(8-7-9)12(16)17/h9-11H,4-8H2,1-3H3,(H,16,17)/t9-,10-,11-/m1/s1. The van der Waals surface area contributed by atoms with Crippen LogP contribution in [0.4, 0.5) is 4.79 Å². The van der Waals surface area contributed by atoms with Crippen LogP contribution in [0.1, 0.15) is 52.9 Å². The molecule has 2 rings (SSSR count). The van der Waals surface area contributed by atoms with Gasteiger partial charge in [0.15, 0.2) is 0 Å². The molecule has 5 nitrogen and oxygen atoms in total. The number of carboxylic acids is 1. The first-order valence-electron chi connectivity index (χ1n) is 7.04. The molecule has 0 unspecified atom stereocenters. The lowest BCUT2D eigenvalue weighted by Crippen LogP contribution is -2.58. The fourth-order valence-corrected chi connectivity index (χ4v) is 3.24. The number of fused-ring (bicyclic) bond motifs is 2. The molecule has 108 valence electrons. The summed E-state index contributed by atoms with van der Waals surface area (Å²) < 4.78 is 5.44. The van der Waals surface area contributed by atoms with E-state index in [2.05, 4.69) is 0 Å². The minimum absolute atomic E-state index is 0.157. The number of piperidine rings is 2. The van der Waals surface area contributed by atoms with Crippen LogP contribution in [0.2, 0.25) is 0 Å². The molecule has 2 bridgehead atoms. The summed E-state index contributed by atoms with van der Waals surface area (Å²) in [6, 6.07) is -0.0379. The second-order valence-electron chi connectivity index (χ2n) is 6.56. The van der Waals surface area contributed by atoms with Gasteiger partial charge in [0, 0.05) is 12.1 Å². The van der Waals surface area contributed by atoms with Crippen LogP contribution < -0.4 is 0 Å². The smallest absolute Gasteiger partial charge is 0.410 e. The highest BCUT2D eigenvalue weighted by Crippen LogP contribution is 2.38. The molecule has 0 aliphatic carbocycles. The molecule has 2 heterocycles. The monoisotopic (exact) mass is 269 g/mol. The molecule has 0 aromatic heterocycles. The molecule has 0 aromatic rings. The lowest BCUT2D eigenvalue weighted by atomic mass is 9.78. The van der Waals surface area contributed by atoms with Crippen molar-refractivity contribution in [3.05, 3.63) is 0 Å². The summed E-state index contributed by atoms with van der Waals surface area (Å²) in [6.45, 7) is 5.50. The number of carbonyl (C=O) groups is 2. The predicted octanol–water partition coefficient (Wildman–Crippen LogP) is 2.64. The van der Waals surface area contributed by atoms with Gasteiger partial charge in [0.25, 0.3) is 0 Å². The first-order valence-corrected chi connectivity index (χ1v) is 7.04. The Kier molecular flexibility index (Phi) is 3.74. The molecule has 2 aliphatic rings. The van der Waals surface area contributed by atoms with Crippen molar-refractivity contribution in [1.82, 2.24) is 4.90 Å². The van der Waals surface area contributed by atoms with E-state index in [4.69, 9.17) is 4.74 Å². The maximum atomic E-state index is 12.3. The Labute approximate surface area is 113 Å². The van der Waals surface area contributed by atoms with Crippen molar-refractivity contribution in [3.63, 3.8) is 0 Å². The largest absolute Gasteiger partial charge is 0.481 e. The van der Waals surface area contributed by atoms with Crippen molar-refractivity contribution in [2.24, 2.45) is 5.92 Å². The number of ether oxygens (including phenoxy) is 1. The molecule has 0 saturated carbocycles. The normalized spacial score (nSPS) is 30.9. The Morgan fingerprint density at radius 2 is 1.84 bits per heavy atom. The zero-order chi connectivity index (χ0) is 14.2. The van der Waals surface area contributed by atoms with Crippen LogP contribution in [-0.2, 0) is 9.53 Å². The van der Waals surface area contributed by atoms with E-state index in [1.807, 2.05) is 20.8 Å². The topological polar surface area (TPSA) is 66.8 Å². The molecule has 1 amide bonds. The molecule has 1 N–H and O–H groups in total. The number of aliphatic carboxylic acids is 1. The Morgan fingerprint density at radius 1 is 1.16 bits per heavy atom. The average molecular weight is 269 g/mol. The summed E-state index contributed by atoms with van der Waals surface area (Å²) in [5.74, 6) is -1.23. The van der Waals surface area contributed by atoms with Crippen LogP contribution in [-0.4, -0.2) is 39.8 Å². The van der Waals surface area contributed by atoms with Crippen LogP contribution in [0.5, 0.6) is 0 Å². The summed E-state index contributed by atoms with van der Waals surface area (Å²) in [4.78, 5) is 25.3. The number of amides is 1. The van der Waals surface area contributed by atoms with E-state index in [0.717, 1.165) is 25.7 Å². The summed E-state index contributed by atoms with van der Waals surface area (Å²) in [7, 11) is 0. The molecule has 5 heteroatoms. The third-order valence-corrected chi connectivity index (χ3v) is 3.98. The molecular weight excluding hydrogens is 246 g/mol. The van der Waals surface area contributed by atoms with E-state index in [1.54, 1.807) is 4.90 Å². The second kappa shape index (κ2) is 5.02. The van der Waals surface area contributed by atoms with E-state index < -0.39 is 17.5 Å². The predicted molar refractivity (Wildman–Crippen MR) is 69.9 cm³/mol. The number of rotatable bonds is 1. The third kappa shape index (κ3) is 3.01. The van der Waals surface area contributed by atoms with Gasteiger partial charge in [-0.3, -0.25) is 4.79 Å². The van der Waals surface area contributed by atoms with Gasteiger partial charge in [0.05, 0.1) is 5.92 Å². The first kappa shape index (κ1) is 14.2. The number of carbonyl (C=O) groups excluding carboxylic acids is 1. The average Bonchev–Trinajstić information content (AvgIpc) is 2.25. The summed E-state index contributed by atoms with van der Waals surface area (Å²) in [5.41, 5.74) is -0.540. The molecule has 3 atom stereocenters. The van der Waals surface area contributed by atoms with Gasteiger partial charge in [-0.15, -0.1) is 0 Å². The Hall–Kier alpha value is -1.26. The highest BCUT2D eigenvalue weighted by atomic mass is 16.6. The van der Waals surface area contributed by atoms with Gasteiger partial charge in [0.1, 0.15) is 5.60 Å². The summed E-state index contributed by atoms with van der Waals surface area (Å²) >= 11 is 0. The zero-order valence-corrected chi connectivity index (χ0v) is 11.9. The fourth-order valence-electron chi connectivity index (χ4n) is 3.24. The van der Waals surface area contributed by atoms with Crippen molar-refractivity contribution in [1.29, 1.82) is 0 Å². The molecule has 0 spiro atoms.